The lowest BCUT2D eigenvalue weighted by molar-refractivity contribution is 1.53. The molecule has 0 aliphatic rings. The molecule has 2 rings (SSSR count). The first-order valence-electron chi connectivity index (χ1n) is 3.62. The van der Waals surface area contributed by atoms with Gasteiger partial charge in [-0.1, -0.05) is 0 Å². The summed E-state index contributed by atoms with van der Waals surface area (Å²) in [6.45, 7) is 2.13. The van der Waals surface area contributed by atoms with Crippen molar-refractivity contribution >= 4 is 49.7 Å². The first-order chi connectivity index (χ1) is 5.70. The van der Waals surface area contributed by atoms with E-state index in [9.17, 15) is 0 Å². The molecule has 0 saturated carbocycles. The highest BCUT2D eigenvalue weighted by Gasteiger charge is 2.05. The Hall–Kier alpha value is -0.290. The van der Waals surface area contributed by atoms with Gasteiger partial charge >= 0.3 is 0 Å². The quantitative estimate of drug-likeness (QED) is 0.584. The molecule has 1 nitrogen and oxygen atoms in total. The van der Waals surface area contributed by atoms with Crippen LogP contribution < -0.4 is 5.73 Å². The van der Waals surface area contributed by atoms with Crippen molar-refractivity contribution in [3.8, 4) is 0 Å². The van der Waals surface area contributed by atoms with Crippen LogP contribution in [0.15, 0.2) is 17.5 Å². The van der Waals surface area contributed by atoms with E-state index in [1.165, 1.54) is 15.6 Å². The minimum absolute atomic E-state index is 0.914. The molecule has 1 aromatic carbocycles. The van der Waals surface area contributed by atoms with E-state index >= 15 is 0 Å². The molecular formula is C9H8INS. The minimum Gasteiger partial charge on any atom is -0.397 e. The van der Waals surface area contributed by atoms with Gasteiger partial charge in [-0.3, -0.25) is 0 Å². The predicted molar refractivity (Wildman–Crippen MR) is 63.7 cm³/mol. The number of fused-ring (bicyclic) bond motifs is 1. The maximum atomic E-state index is 5.93. The number of nitrogen functional groups attached to an aromatic ring is 1. The summed E-state index contributed by atoms with van der Waals surface area (Å²) in [5.74, 6) is 0. The Labute approximate surface area is 88.7 Å². The van der Waals surface area contributed by atoms with Crippen LogP contribution in [0.3, 0.4) is 0 Å². The minimum atomic E-state index is 0.914. The molecule has 62 valence electrons. The van der Waals surface area contributed by atoms with Gasteiger partial charge in [-0.05, 0) is 52.6 Å². The van der Waals surface area contributed by atoms with Crippen molar-refractivity contribution in [2.75, 3.05) is 5.73 Å². The molecule has 1 aromatic heterocycles. The zero-order valence-corrected chi connectivity index (χ0v) is 9.57. The molecule has 0 amide bonds. The van der Waals surface area contributed by atoms with E-state index in [4.69, 9.17) is 5.73 Å². The van der Waals surface area contributed by atoms with Gasteiger partial charge in [-0.15, -0.1) is 11.3 Å². The normalized spacial score (nSPS) is 10.8. The van der Waals surface area contributed by atoms with E-state index in [-0.39, 0.29) is 0 Å². The Morgan fingerprint density at radius 3 is 3.00 bits per heavy atom. The maximum absolute atomic E-state index is 5.93. The van der Waals surface area contributed by atoms with Crippen molar-refractivity contribution in [3.05, 3.63) is 26.6 Å². The van der Waals surface area contributed by atoms with Gasteiger partial charge in [-0.2, -0.15) is 0 Å². The van der Waals surface area contributed by atoms with Gasteiger partial charge in [0, 0.05) is 13.7 Å². The molecule has 0 fully saturated rings. The lowest BCUT2D eigenvalue weighted by Gasteiger charge is -2.02. The van der Waals surface area contributed by atoms with Gasteiger partial charge in [0.2, 0.25) is 0 Å². The Bertz CT molecular complexity index is 433. The molecule has 0 atom stereocenters. The van der Waals surface area contributed by atoms with Gasteiger partial charge in [0.05, 0.1) is 5.69 Å². The Morgan fingerprint density at radius 2 is 2.25 bits per heavy atom. The summed E-state index contributed by atoms with van der Waals surface area (Å²) in [6.07, 6.45) is 0. The number of hydrogen-bond acceptors (Lipinski definition) is 2. The Morgan fingerprint density at radius 1 is 1.50 bits per heavy atom. The molecule has 1 heterocycles. The van der Waals surface area contributed by atoms with Gasteiger partial charge in [-0.25, -0.2) is 0 Å². The summed E-state index contributed by atoms with van der Waals surface area (Å²) >= 11 is 4.03. The Balaban J connectivity index is 2.97. The van der Waals surface area contributed by atoms with Crippen molar-refractivity contribution in [1.29, 1.82) is 0 Å². The lowest BCUT2D eigenvalue weighted by atomic mass is 10.1. The summed E-state index contributed by atoms with van der Waals surface area (Å²) in [6, 6.07) is 4.22. The highest BCUT2D eigenvalue weighted by Crippen LogP contribution is 2.32. The van der Waals surface area contributed by atoms with E-state index in [0.717, 1.165) is 9.26 Å². The fourth-order valence-corrected chi connectivity index (χ4v) is 2.94. The highest BCUT2D eigenvalue weighted by molar-refractivity contribution is 14.1. The molecule has 0 saturated heterocycles. The molecule has 0 unspecified atom stereocenters. The number of benzene rings is 1. The molecule has 0 spiro atoms. The third kappa shape index (κ3) is 1.11. The van der Waals surface area contributed by atoms with E-state index in [0.29, 0.717) is 0 Å². The number of halogens is 1. The van der Waals surface area contributed by atoms with Crippen molar-refractivity contribution in [2.45, 2.75) is 6.92 Å². The summed E-state index contributed by atoms with van der Waals surface area (Å²) in [4.78, 5) is 0. The van der Waals surface area contributed by atoms with Crippen molar-refractivity contribution in [1.82, 2.24) is 0 Å². The van der Waals surface area contributed by atoms with Gasteiger partial charge < -0.3 is 5.73 Å². The average molecular weight is 289 g/mol. The highest BCUT2D eigenvalue weighted by atomic mass is 127. The van der Waals surface area contributed by atoms with Crippen LogP contribution in [0.4, 0.5) is 5.69 Å². The third-order valence-electron chi connectivity index (χ3n) is 1.91. The van der Waals surface area contributed by atoms with Crippen molar-refractivity contribution in [2.24, 2.45) is 0 Å². The Kier molecular flexibility index (Phi) is 2.00. The van der Waals surface area contributed by atoms with Crippen LogP contribution in [-0.2, 0) is 0 Å². The van der Waals surface area contributed by atoms with Crippen LogP contribution in [0.5, 0.6) is 0 Å². The standard InChI is InChI=1S/C9H8INS/c1-5-4-7(10)8(11)6-2-3-12-9(5)6/h2-4H,11H2,1H3. The maximum Gasteiger partial charge on any atom is 0.0538 e. The second-order valence-electron chi connectivity index (χ2n) is 2.75. The number of aryl methyl sites for hydroxylation is 1. The largest absolute Gasteiger partial charge is 0.397 e. The van der Waals surface area contributed by atoms with E-state index in [1.807, 2.05) is 0 Å². The fourth-order valence-electron chi connectivity index (χ4n) is 1.29. The summed E-state index contributed by atoms with van der Waals surface area (Å²) in [5.41, 5.74) is 8.16. The van der Waals surface area contributed by atoms with Gasteiger partial charge in [0.15, 0.2) is 0 Å². The molecule has 12 heavy (non-hydrogen) atoms. The molecule has 2 aromatic rings. The van der Waals surface area contributed by atoms with E-state index in [1.54, 1.807) is 11.3 Å². The number of rotatable bonds is 0. The monoisotopic (exact) mass is 289 g/mol. The summed E-state index contributed by atoms with van der Waals surface area (Å²) in [7, 11) is 0. The zero-order valence-electron chi connectivity index (χ0n) is 6.60. The fraction of sp³-hybridized carbons (Fsp3) is 0.111. The van der Waals surface area contributed by atoms with E-state index in [2.05, 4.69) is 47.0 Å². The molecular weight excluding hydrogens is 281 g/mol. The average Bonchev–Trinajstić information content (AvgIpc) is 2.48. The number of anilines is 1. The second-order valence-corrected chi connectivity index (χ2v) is 4.83. The van der Waals surface area contributed by atoms with Crippen molar-refractivity contribution in [3.63, 3.8) is 0 Å². The number of hydrogen-bond donors (Lipinski definition) is 1. The van der Waals surface area contributed by atoms with Crippen LogP contribution in [0, 0.1) is 10.5 Å². The zero-order chi connectivity index (χ0) is 8.72. The summed E-state index contributed by atoms with van der Waals surface area (Å²) in [5, 5.41) is 3.29. The smallest absolute Gasteiger partial charge is 0.0538 e. The SMILES string of the molecule is Cc1cc(I)c(N)c2ccsc12. The van der Waals surface area contributed by atoms with Crippen molar-refractivity contribution < 1.29 is 0 Å². The first-order valence-corrected chi connectivity index (χ1v) is 5.58. The van der Waals surface area contributed by atoms with Gasteiger partial charge in [0.25, 0.3) is 0 Å². The van der Waals surface area contributed by atoms with Crippen LogP contribution >= 0.6 is 33.9 Å². The van der Waals surface area contributed by atoms with Gasteiger partial charge in [0.1, 0.15) is 0 Å². The predicted octanol–water partition coefficient (Wildman–Crippen LogP) is 3.40. The second kappa shape index (κ2) is 2.88. The van der Waals surface area contributed by atoms with E-state index < -0.39 is 0 Å². The number of thiophene rings is 1. The third-order valence-corrected chi connectivity index (χ3v) is 3.86. The molecule has 3 heteroatoms. The molecule has 2 N–H and O–H groups in total. The topological polar surface area (TPSA) is 26.0 Å². The van der Waals surface area contributed by atoms with Crippen LogP contribution in [0.25, 0.3) is 10.1 Å². The lowest BCUT2D eigenvalue weighted by Crippen LogP contribution is -1.90. The first kappa shape index (κ1) is 8.31. The van der Waals surface area contributed by atoms with Crippen LogP contribution in [-0.4, -0.2) is 0 Å². The molecule has 0 bridgehead atoms. The molecule has 0 aliphatic heterocycles. The van der Waals surface area contributed by atoms with Crippen LogP contribution in [0.1, 0.15) is 5.56 Å². The molecule has 0 radical (unpaired) electrons. The summed E-state index contributed by atoms with van der Waals surface area (Å²) < 4.78 is 2.46. The van der Waals surface area contributed by atoms with Crippen LogP contribution in [0.2, 0.25) is 0 Å². The number of nitrogens with two attached hydrogens (primary N) is 1. The molecule has 0 aliphatic carbocycles.